The number of fused-ring (bicyclic) bond motifs is 4. The van der Waals surface area contributed by atoms with E-state index < -0.39 is 0 Å². The molecule has 4 aromatic rings. The van der Waals surface area contributed by atoms with Crippen LogP contribution in [0, 0.1) is 13.5 Å². The number of nitrogen functional groups attached to an aromatic ring is 1. The van der Waals surface area contributed by atoms with Gasteiger partial charge in [0.15, 0.2) is 17.1 Å². The number of rotatable bonds is 4. The molecule has 8 heteroatoms. The van der Waals surface area contributed by atoms with Crippen LogP contribution in [0.2, 0.25) is 0 Å². The third-order valence-electron chi connectivity index (χ3n) is 4.44. The Morgan fingerprint density at radius 2 is 2.07 bits per heavy atom. The Labute approximate surface area is 154 Å². The van der Waals surface area contributed by atoms with E-state index in [0.29, 0.717) is 12.1 Å². The van der Waals surface area contributed by atoms with Crippen molar-refractivity contribution in [3.63, 3.8) is 0 Å². The summed E-state index contributed by atoms with van der Waals surface area (Å²) in [7, 11) is 0. The molecule has 0 fully saturated rings. The van der Waals surface area contributed by atoms with Crippen molar-refractivity contribution < 1.29 is 9.47 Å². The number of nitrogens with zero attached hydrogens (tertiary/aromatic N) is 4. The summed E-state index contributed by atoms with van der Waals surface area (Å²) in [4.78, 5) is 9.22. The Kier molecular flexibility index (Phi) is 3.49. The molecule has 27 heavy (non-hydrogen) atoms. The zero-order valence-electron chi connectivity index (χ0n) is 14.3. The summed E-state index contributed by atoms with van der Waals surface area (Å²) in [5.41, 5.74) is 9.23. The van der Waals surface area contributed by atoms with E-state index in [2.05, 4.69) is 22.3 Å². The van der Waals surface area contributed by atoms with Gasteiger partial charge < -0.3 is 20.5 Å². The molecule has 2 radical (unpaired) electrons. The zero-order valence-corrected chi connectivity index (χ0v) is 14.3. The van der Waals surface area contributed by atoms with Gasteiger partial charge in [0.25, 0.3) is 0 Å². The molecule has 0 aliphatic carbocycles. The van der Waals surface area contributed by atoms with Crippen molar-refractivity contribution in [1.29, 1.82) is 0 Å². The van der Waals surface area contributed by atoms with Crippen LogP contribution in [0.4, 0.5) is 11.6 Å². The Balaban J connectivity index is 1.67. The number of ether oxygens (including phenoxy) is 2. The van der Waals surface area contributed by atoms with Crippen molar-refractivity contribution in [2.45, 2.75) is 6.42 Å². The molecule has 0 unspecified atom stereocenters. The molecule has 0 bridgehead atoms. The molecule has 3 heterocycles. The first kappa shape index (κ1) is 15.7. The highest BCUT2D eigenvalue weighted by Crippen LogP contribution is 2.33. The van der Waals surface area contributed by atoms with Gasteiger partial charge >= 0.3 is 0 Å². The second kappa shape index (κ2) is 6.01. The summed E-state index contributed by atoms with van der Waals surface area (Å²) in [5.74, 6) is 2.42. The lowest BCUT2D eigenvalue weighted by Crippen LogP contribution is -2.06. The predicted octanol–water partition coefficient (Wildman–Crippen LogP) is 2.59. The lowest BCUT2D eigenvalue weighted by molar-refractivity contribution is 0.174. The molecule has 2 aromatic heterocycles. The van der Waals surface area contributed by atoms with Crippen LogP contribution in [-0.2, 0) is 6.42 Å². The van der Waals surface area contributed by atoms with Gasteiger partial charge in [0, 0.05) is 18.7 Å². The minimum Gasteiger partial charge on any atom is -0.454 e. The van der Waals surface area contributed by atoms with E-state index >= 15 is 0 Å². The van der Waals surface area contributed by atoms with Crippen molar-refractivity contribution >= 4 is 28.2 Å². The Hall–Kier alpha value is -3.55. The van der Waals surface area contributed by atoms with E-state index in [0.717, 1.165) is 39.5 Å². The van der Waals surface area contributed by atoms with Crippen LogP contribution in [0.3, 0.4) is 0 Å². The van der Waals surface area contributed by atoms with Crippen LogP contribution in [0.1, 0.15) is 11.4 Å². The fraction of sp³-hybridized carbons (Fsp3) is 0.105. The van der Waals surface area contributed by atoms with Gasteiger partial charge in [-0.3, -0.25) is 0 Å². The zero-order chi connectivity index (χ0) is 18.4. The van der Waals surface area contributed by atoms with Crippen LogP contribution in [0.5, 0.6) is 11.5 Å². The van der Waals surface area contributed by atoms with Gasteiger partial charge in [-0.1, -0.05) is 12.1 Å². The third kappa shape index (κ3) is 2.57. The van der Waals surface area contributed by atoms with E-state index in [1.54, 1.807) is 11.1 Å². The molecule has 5 rings (SSSR count). The number of hydrogen-bond acceptors (Lipinski definition) is 7. The van der Waals surface area contributed by atoms with Crippen molar-refractivity contribution in [3.8, 4) is 11.5 Å². The van der Waals surface area contributed by atoms with Gasteiger partial charge in [0.2, 0.25) is 12.7 Å². The molecular weight excluding hydrogens is 344 g/mol. The fourth-order valence-corrected chi connectivity index (χ4v) is 3.30. The maximum Gasteiger partial charge on any atom is 0.240 e. The number of nitrogens with two attached hydrogens (primary N) is 1. The van der Waals surface area contributed by atoms with Gasteiger partial charge in [-0.05, 0) is 36.8 Å². The van der Waals surface area contributed by atoms with E-state index in [1.807, 2.05) is 36.4 Å². The molecule has 134 valence electrons. The number of nitrogens with one attached hydrogen (secondary N) is 1. The molecule has 0 spiro atoms. The summed E-state index contributed by atoms with van der Waals surface area (Å²) < 4.78 is 12.5. The fourth-order valence-electron chi connectivity index (χ4n) is 3.30. The van der Waals surface area contributed by atoms with Gasteiger partial charge in [-0.15, -0.1) is 5.10 Å². The maximum atomic E-state index is 5.89. The van der Waals surface area contributed by atoms with Crippen LogP contribution >= 0.6 is 0 Å². The van der Waals surface area contributed by atoms with Crippen molar-refractivity contribution in [2.75, 3.05) is 17.8 Å². The monoisotopic (exact) mass is 360 g/mol. The lowest BCUT2D eigenvalue weighted by Gasteiger charge is -2.11. The standard InChI is InChI=1S/C19H16N6O2/c1-2-21-12-4-3-5-13-17(12)18-23-19(20)24-25(18)16(22-13)9-11-6-7-14-15(8-11)27-10-26-14/h2-8,21H,1,9-10H2,(H2,20,24). The summed E-state index contributed by atoms with van der Waals surface area (Å²) in [6.07, 6.45) is 0.547. The summed E-state index contributed by atoms with van der Waals surface area (Å²) in [6, 6.07) is 11.7. The van der Waals surface area contributed by atoms with Crippen molar-refractivity contribution in [1.82, 2.24) is 19.6 Å². The van der Waals surface area contributed by atoms with Gasteiger partial charge in [-0.2, -0.15) is 9.50 Å². The second-order valence-corrected chi connectivity index (χ2v) is 6.15. The van der Waals surface area contributed by atoms with E-state index in [-0.39, 0.29) is 12.7 Å². The molecule has 3 N–H and O–H groups in total. The predicted molar refractivity (Wildman–Crippen MR) is 101 cm³/mol. The number of aromatic nitrogens is 4. The van der Waals surface area contributed by atoms with Gasteiger partial charge in [-0.25, -0.2) is 4.98 Å². The first-order chi connectivity index (χ1) is 13.2. The van der Waals surface area contributed by atoms with Crippen LogP contribution < -0.4 is 20.5 Å². The quantitative estimate of drug-likeness (QED) is 0.577. The minimum absolute atomic E-state index is 0.199. The van der Waals surface area contributed by atoms with E-state index in [9.17, 15) is 0 Å². The third-order valence-corrected chi connectivity index (χ3v) is 4.44. The average Bonchev–Trinajstić information content (AvgIpc) is 3.27. The molecule has 0 saturated carbocycles. The molecule has 0 atom stereocenters. The SMILES string of the molecule is [CH2][CH]Nc1cccc2nc(Cc3ccc4c(c3)OCO4)n3nc(N)nc3c12. The molecule has 1 aliphatic heterocycles. The molecule has 2 aromatic carbocycles. The number of benzene rings is 2. The van der Waals surface area contributed by atoms with Gasteiger partial charge in [0.05, 0.1) is 10.9 Å². The van der Waals surface area contributed by atoms with E-state index in [1.165, 1.54) is 0 Å². The maximum absolute atomic E-state index is 5.89. The topological polar surface area (TPSA) is 99.6 Å². The summed E-state index contributed by atoms with van der Waals surface area (Å²) >= 11 is 0. The smallest absolute Gasteiger partial charge is 0.240 e. The Bertz CT molecular complexity index is 1170. The van der Waals surface area contributed by atoms with Crippen molar-refractivity contribution in [3.05, 3.63) is 61.3 Å². The highest BCUT2D eigenvalue weighted by Gasteiger charge is 2.17. The average molecular weight is 360 g/mol. The largest absolute Gasteiger partial charge is 0.454 e. The summed E-state index contributed by atoms with van der Waals surface area (Å²) in [5, 5.41) is 8.31. The number of hydrogen-bond donors (Lipinski definition) is 2. The Morgan fingerprint density at radius 3 is 2.96 bits per heavy atom. The summed E-state index contributed by atoms with van der Waals surface area (Å²) in [6.45, 7) is 5.59. The highest BCUT2D eigenvalue weighted by molar-refractivity contribution is 6.01. The first-order valence-electron chi connectivity index (χ1n) is 8.43. The number of anilines is 2. The van der Waals surface area contributed by atoms with Crippen LogP contribution in [-0.4, -0.2) is 26.4 Å². The van der Waals surface area contributed by atoms with E-state index in [4.69, 9.17) is 20.2 Å². The van der Waals surface area contributed by atoms with Crippen LogP contribution in [0.15, 0.2) is 36.4 Å². The molecule has 0 saturated heterocycles. The molecule has 0 amide bonds. The molecular formula is C19H16N6O2. The second-order valence-electron chi connectivity index (χ2n) is 6.15. The lowest BCUT2D eigenvalue weighted by atomic mass is 10.1. The molecule has 1 aliphatic rings. The highest BCUT2D eigenvalue weighted by atomic mass is 16.7. The molecule has 8 nitrogen and oxygen atoms in total. The van der Waals surface area contributed by atoms with Gasteiger partial charge in [0.1, 0.15) is 5.82 Å². The van der Waals surface area contributed by atoms with Crippen molar-refractivity contribution in [2.24, 2.45) is 0 Å². The first-order valence-corrected chi connectivity index (χ1v) is 8.43. The Morgan fingerprint density at radius 1 is 1.19 bits per heavy atom. The normalized spacial score (nSPS) is 12.8. The van der Waals surface area contributed by atoms with Crippen LogP contribution in [0.25, 0.3) is 16.6 Å². The minimum atomic E-state index is 0.199.